The van der Waals surface area contributed by atoms with Crippen molar-refractivity contribution in [2.45, 2.75) is 46.6 Å². The summed E-state index contributed by atoms with van der Waals surface area (Å²) in [5, 5.41) is 7.24. The standard InChI is InChI=1S/C30H29F2N5O4S/c1-14(2)18-8-6-15(3)10-23(18)40-13-17-7-9-22(41-17)29(39)36-25-24-19(20-12-34-37(5)16(20)4)11-21(27(31)32)35-30(24)42-26(25)28(33)38/h6-12,14,27H,13H2,1-5H3,(H2,33,38)(H,36,39). The van der Waals surface area contributed by atoms with Gasteiger partial charge in [0, 0.05) is 23.7 Å². The normalized spacial score (nSPS) is 11.5. The highest BCUT2D eigenvalue weighted by Gasteiger charge is 2.27. The highest BCUT2D eigenvalue weighted by Crippen LogP contribution is 2.43. The SMILES string of the molecule is Cc1ccc(C(C)C)c(OCc2ccc(C(=O)Nc3c(C(N)=O)sc4nc(C(F)F)cc(-c5cnn(C)c5C)c34)o2)c1. The number of hydrogen-bond donors (Lipinski definition) is 2. The number of thiophene rings is 1. The summed E-state index contributed by atoms with van der Waals surface area (Å²) >= 11 is 0.826. The third-order valence-electron chi connectivity index (χ3n) is 6.94. The number of halogens is 2. The van der Waals surface area contributed by atoms with Gasteiger partial charge in [-0.15, -0.1) is 11.3 Å². The van der Waals surface area contributed by atoms with E-state index in [2.05, 4.69) is 29.2 Å². The summed E-state index contributed by atoms with van der Waals surface area (Å²) in [6.07, 6.45) is -1.33. The van der Waals surface area contributed by atoms with Gasteiger partial charge in [0.05, 0.1) is 11.9 Å². The number of pyridine rings is 1. The van der Waals surface area contributed by atoms with Crippen molar-refractivity contribution in [2.75, 3.05) is 5.32 Å². The Morgan fingerprint density at radius 2 is 1.90 bits per heavy atom. The minimum absolute atomic E-state index is 0.0316. The minimum atomic E-state index is -2.86. The molecule has 218 valence electrons. The second-order valence-corrected chi connectivity index (χ2v) is 11.2. The Morgan fingerprint density at radius 1 is 1.14 bits per heavy atom. The second kappa shape index (κ2) is 11.4. The third-order valence-corrected chi connectivity index (χ3v) is 8.04. The van der Waals surface area contributed by atoms with E-state index < -0.39 is 23.9 Å². The van der Waals surface area contributed by atoms with Crippen LogP contribution in [0.1, 0.15) is 74.7 Å². The Hall–Kier alpha value is -4.58. The number of amides is 2. The lowest BCUT2D eigenvalue weighted by atomic mass is 10.0. The molecular weight excluding hydrogens is 564 g/mol. The number of carbonyl (C=O) groups is 2. The minimum Gasteiger partial charge on any atom is -0.485 e. The van der Waals surface area contributed by atoms with Crippen LogP contribution >= 0.6 is 11.3 Å². The van der Waals surface area contributed by atoms with E-state index in [0.717, 1.165) is 28.2 Å². The van der Waals surface area contributed by atoms with Crippen LogP contribution in [0, 0.1) is 13.8 Å². The fraction of sp³-hybridized carbons (Fsp3) is 0.267. The van der Waals surface area contributed by atoms with Crippen LogP contribution in [-0.4, -0.2) is 26.6 Å². The Bertz CT molecular complexity index is 1820. The first kappa shape index (κ1) is 28.9. The molecule has 0 unspecified atom stereocenters. The molecule has 0 saturated heterocycles. The van der Waals surface area contributed by atoms with Crippen molar-refractivity contribution in [3.63, 3.8) is 0 Å². The zero-order valence-corrected chi connectivity index (χ0v) is 24.4. The number of alkyl halides is 2. The van der Waals surface area contributed by atoms with E-state index in [1.54, 1.807) is 24.7 Å². The lowest BCUT2D eigenvalue weighted by Crippen LogP contribution is -2.16. The summed E-state index contributed by atoms with van der Waals surface area (Å²) in [7, 11) is 1.72. The Morgan fingerprint density at radius 3 is 2.55 bits per heavy atom. The van der Waals surface area contributed by atoms with Crippen molar-refractivity contribution in [2.24, 2.45) is 12.8 Å². The van der Waals surface area contributed by atoms with Crippen LogP contribution < -0.4 is 15.8 Å². The summed E-state index contributed by atoms with van der Waals surface area (Å²) in [6.45, 7) is 8.00. The van der Waals surface area contributed by atoms with Crippen LogP contribution in [0.2, 0.25) is 0 Å². The number of carbonyl (C=O) groups excluding carboxylic acids is 2. The first-order valence-corrected chi connectivity index (χ1v) is 13.9. The number of ether oxygens (including phenoxy) is 1. The average Bonchev–Trinajstić information content (AvgIpc) is 3.65. The molecule has 42 heavy (non-hydrogen) atoms. The summed E-state index contributed by atoms with van der Waals surface area (Å²) in [5.41, 5.74) is 8.92. The van der Waals surface area contributed by atoms with Crippen molar-refractivity contribution in [1.82, 2.24) is 14.8 Å². The van der Waals surface area contributed by atoms with Crippen LogP contribution in [0.15, 0.2) is 47.0 Å². The van der Waals surface area contributed by atoms with Gasteiger partial charge in [0.15, 0.2) is 5.76 Å². The van der Waals surface area contributed by atoms with Crippen molar-refractivity contribution in [3.05, 3.63) is 81.5 Å². The van der Waals surface area contributed by atoms with Gasteiger partial charge in [-0.1, -0.05) is 26.0 Å². The first-order valence-electron chi connectivity index (χ1n) is 13.1. The first-order chi connectivity index (χ1) is 19.9. The number of furan rings is 1. The summed E-state index contributed by atoms with van der Waals surface area (Å²) in [5.74, 6) is -0.131. The van der Waals surface area contributed by atoms with Gasteiger partial charge in [0.2, 0.25) is 0 Å². The molecule has 0 aliphatic carbocycles. The molecule has 0 spiro atoms. The number of hydrogen-bond acceptors (Lipinski definition) is 7. The number of nitrogens with zero attached hydrogens (tertiary/aromatic N) is 3. The topological polar surface area (TPSA) is 125 Å². The fourth-order valence-corrected chi connectivity index (χ4v) is 5.66. The lowest BCUT2D eigenvalue weighted by Gasteiger charge is -2.14. The molecule has 0 atom stereocenters. The van der Waals surface area contributed by atoms with Crippen molar-refractivity contribution >= 4 is 39.1 Å². The molecule has 5 aromatic rings. The molecule has 1 aromatic carbocycles. The van der Waals surface area contributed by atoms with Gasteiger partial charge in [0.25, 0.3) is 18.2 Å². The molecule has 3 N–H and O–H groups in total. The second-order valence-electron chi connectivity index (χ2n) is 10.2. The molecule has 9 nitrogen and oxygen atoms in total. The molecule has 12 heteroatoms. The van der Waals surface area contributed by atoms with Gasteiger partial charge in [-0.05, 0) is 60.7 Å². The number of aryl methyl sites for hydroxylation is 2. The molecule has 0 aliphatic rings. The number of fused-ring (bicyclic) bond motifs is 1. The van der Waals surface area contributed by atoms with Gasteiger partial charge in [0.1, 0.15) is 33.5 Å². The maximum atomic E-state index is 13.8. The zero-order valence-electron chi connectivity index (χ0n) is 23.6. The summed E-state index contributed by atoms with van der Waals surface area (Å²) < 4.78 is 41.0. The highest BCUT2D eigenvalue weighted by atomic mass is 32.1. The molecule has 0 bridgehead atoms. The quantitative estimate of drug-likeness (QED) is 0.192. The van der Waals surface area contributed by atoms with Gasteiger partial charge < -0.3 is 20.2 Å². The van der Waals surface area contributed by atoms with Gasteiger partial charge >= 0.3 is 0 Å². The lowest BCUT2D eigenvalue weighted by molar-refractivity contribution is 0.0992. The largest absolute Gasteiger partial charge is 0.485 e. The zero-order chi connectivity index (χ0) is 30.3. The average molecular weight is 594 g/mol. The number of primary amides is 1. The Labute approximate surface area is 244 Å². The molecule has 0 aliphatic heterocycles. The highest BCUT2D eigenvalue weighted by molar-refractivity contribution is 7.21. The van der Waals surface area contributed by atoms with E-state index in [4.69, 9.17) is 14.9 Å². The molecule has 0 saturated carbocycles. The molecule has 0 fully saturated rings. The molecular formula is C30H29F2N5O4S. The fourth-order valence-electron chi connectivity index (χ4n) is 4.64. The van der Waals surface area contributed by atoms with Crippen molar-refractivity contribution in [3.8, 4) is 16.9 Å². The van der Waals surface area contributed by atoms with Crippen LogP contribution in [0.3, 0.4) is 0 Å². The molecule has 5 rings (SSSR count). The number of nitrogens with two attached hydrogens (primary N) is 1. The van der Waals surface area contributed by atoms with E-state index in [9.17, 15) is 18.4 Å². The smallest absolute Gasteiger partial charge is 0.291 e. The van der Waals surface area contributed by atoms with E-state index in [1.165, 1.54) is 18.3 Å². The van der Waals surface area contributed by atoms with Gasteiger partial charge in [-0.2, -0.15) is 5.10 Å². The van der Waals surface area contributed by atoms with E-state index in [0.29, 0.717) is 28.0 Å². The number of aromatic nitrogens is 3. The molecule has 4 heterocycles. The Kier molecular flexibility index (Phi) is 7.83. The number of nitrogens with one attached hydrogen (secondary N) is 1. The predicted molar refractivity (Wildman–Crippen MR) is 156 cm³/mol. The van der Waals surface area contributed by atoms with Crippen LogP contribution in [-0.2, 0) is 13.7 Å². The monoisotopic (exact) mass is 593 g/mol. The summed E-state index contributed by atoms with van der Waals surface area (Å²) in [6, 6.07) is 10.4. The van der Waals surface area contributed by atoms with E-state index >= 15 is 0 Å². The summed E-state index contributed by atoms with van der Waals surface area (Å²) in [4.78, 5) is 29.9. The number of benzene rings is 1. The van der Waals surface area contributed by atoms with Crippen LogP contribution in [0.25, 0.3) is 21.3 Å². The van der Waals surface area contributed by atoms with Crippen LogP contribution in [0.5, 0.6) is 5.75 Å². The molecule has 4 aromatic heterocycles. The van der Waals surface area contributed by atoms with Crippen LogP contribution in [0.4, 0.5) is 14.5 Å². The van der Waals surface area contributed by atoms with Crippen molar-refractivity contribution in [1.29, 1.82) is 0 Å². The third kappa shape index (κ3) is 5.49. The molecule has 0 radical (unpaired) electrons. The Balaban J connectivity index is 1.49. The van der Waals surface area contributed by atoms with Gasteiger partial charge in [-0.25, -0.2) is 13.8 Å². The maximum absolute atomic E-state index is 13.8. The van der Waals surface area contributed by atoms with E-state index in [-0.39, 0.29) is 33.7 Å². The van der Waals surface area contributed by atoms with Gasteiger partial charge in [-0.3, -0.25) is 14.3 Å². The maximum Gasteiger partial charge on any atom is 0.291 e. The molecule has 2 amide bonds. The van der Waals surface area contributed by atoms with E-state index in [1.807, 2.05) is 25.1 Å². The number of rotatable bonds is 9. The predicted octanol–water partition coefficient (Wildman–Crippen LogP) is 6.90. The van der Waals surface area contributed by atoms with Crippen molar-refractivity contribution < 1.29 is 27.5 Å². The number of anilines is 1.